The van der Waals surface area contributed by atoms with Crippen LogP contribution in [0.15, 0.2) is 72.9 Å². The molecular formula is C26H24F2N6O2. The monoisotopic (exact) mass is 490 g/mol. The maximum absolute atomic E-state index is 14.9. The van der Waals surface area contributed by atoms with Crippen LogP contribution in [-0.4, -0.2) is 33.7 Å². The number of carbonyl (C=O) groups is 2. The number of aromatic nitrogens is 2. The molecule has 4 rings (SSSR count). The molecule has 8 nitrogen and oxygen atoms in total. The fourth-order valence-electron chi connectivity index (χ4n) is 3.82. The first-order valence-electron chi connectivity index (χ1n) is 11.0. The summed E-state index contributed by atoms with van der Waals surface area (Å²) < 4.78 is 29.4. The fourth-order valence-corrected chi connectivity index (χ4v) is 3.82. The van der Waals surface area contributed by atoms with Gasteiger partial charge in [0.05, 0.1) is 17.6 Å². The quantitative estimate of drug-likeness (QED) is 0.345. The molecule has 3 amide bonds. The highest BCUT2D eigenvalue weighted by molar-refractivity contribution is 6.00. The van der Waals surface area contributed by atoms with Crippen molar-refractivity contribution in [1.29, 1.82) is 0 Å². The van der Waals surface area contributed by atoms with E-state index < -0.39 is 11.9 Å². The lowest BCUT2D eigenvalue weighted by Crippen LogP contribution is -2.22. The topological polar surface area (TPSA) is 119 Å². The Morgan fingerprint density at radius 2 is 1.61 bits per heavy atom. The lowest BCUT2D eigenvalue weighted by atomic mass is 10.0. The van der Waals surface area contributed by atoms with E-state index in [1.54, 1.807) is 42.5 Å². The Bertz CT molecular complexity index is 1400. The Labute approximate surface area is 206 Å². The minimum atomic E-state index is -0.848. The number of rotatable bonds is 8. The van der Waals surface area contributed by atoms with Crippen molar-refractivity contribution in [3.63, 3.8) is 0 Å². The number of carbonyl (C=O) groups excluding carboxylic acids is 2. The molecule has 0 aliphatic carbocycles. The van der Waals surface area contributed by atoms with Crippen LogP contribution < -0.4 is 16.8 Å². The average molecular weight is 491 g/mol. The van der Waals surface area contributed by atoms with Gasteiger partial charge in [0.2, 0.25) is 0 Å². The predicted octanol–water partition coefficient (Wildman–Crippen LogP) is 4.04. The molecule has 4 aromatic rings. The molecule has 1 heterocycles. The van der Waals surface area contributed by atoms with Gasteiger partial charge in [0, 0.05) is 18.7 Å². The maximum atomic E-state index is 14.9. The van der Waals surface area contributed by atoms with Gasteiger partial charge >= 0.3 is 6.03 Å². The van der Waals surface area contributed by atoms with Crippen molar-refractivity contribution >= 4 is 17.6 Å². The molecule has 0 bridgehead atoms. The minimum Gasteiger partial charge on any atom is -0.364 e. The van der Waals surface area contributed by atoms with Crippen LogP contribution in [0.3, 0.4) is 0 Å². The van der Waals surface area contributed by atoms with E-state index in [2.05, 4.69) is 10.4 Å². The molecular weight excluding hydrogens is 466 g/mol. The van der Waals surface area contributed by atoms with Gasteiger partial charge in [-0.25, -0.2) is 18.3 Å². The molecule has 0 saturated heterocycles. The van der Waals surface area contributed by atoms with Gasteiger partial charge in [-0.3, -0.25) is 9.69 Å². The number of hydrogen-bond donors (Lipinski definition) is 3. The number of amides is 3. The Morgan fingerprint density at radius 1 is 0.944 bits per heavy atom. The molecule has 0 aliphatic rings. The standard InChI is InChI=1S/C26H24F2N6O2/c1-33(13-16-2-8-20(27)9-3-16)14-19-5-4-18(12-22(19)28)17-6-10-21(11-7-17)34-15-23(31-26(30)36)24(32-34)25(29)35/h2-12,15H,13-14H2,1H3,(H2,29,35)(H3,30,31,36). The zero-order valence-electron chi connectivity index (χ0n) is 19.4. The van der Waals surface area contributed by atoms with Gasteiger partial charge in [-0.15, -0.1) is 0 Å². The molecule has 0 saturated carbocycles. The molecule has 0 aliphatic heterocycles. The highest BCUT2D eigenvalue weighted by Crippen LogP contribution is 2.25. The average Bonchev–Trinajstić information content (AvgIpc) is 3.25. The van der Waals surface area contributed by atoms with Crippen molar-refractivity contribution in [3.8, 4) is 16.8 Å². The summed E-state index contributed by atoms with van der Waals surface area (Å²) in [5.74, 6) is -1.43. The van der Waals surface area contributed by atoms with E-state index in [0.717, 1.165) is 11.1 Å². The Hall–Kier alpha value is -4.57. The first-order chi connectivity index (χ1) is 17.2. The van der Waals surface area contributed by atoms with Gasteiger partial charge in [-0.2, -0.15) is 5.10 Å². The number of urea groups is 1. The van der Waals surface area contributed by atoms with Crippen LogP contribution in [0, 0.1) is 11.6 Å². The number of halogens is 2. The van der Waals surface area contributed by atoms with Gasteiger partial charge < -0.3 is 16.8 Å². The summed E-state index contributed by atoms with van der Waals surface area (Å²) in [6.45, 7) is 0.954. The number of nitrogens with one attached hydrogen (secondary N) is 1. The first-order valence-corrected chi connectivity index (χ1v) is 11.0. The van der Waals surface area contributed by atoms with E-state index in [-0.39, 0.29) is 23.0 Å². The molecule has 5 N–H and O–H groups in total. The van der Waals surface area contributed by atoms with Gasteiger partial charge in [-0.05, 0) is 54.1 Å². The molecule has 184 valence electrons. The van der Waals surface area contributed by atoms with Gasteiger partial charge in [0.25, 0.3) is 5.91 Å². The molecule has 36 heavy (non-hydrogen) atoms. The van der Waals surface area contributed by atoms with E-state index in [1.807, 2.05) is 18.0 Å². The number of primary amides is 2. The molecule has 0 radical (unpaired) electrons. The Balaban J connectivity index is 1.48. The van der Waals surface area contributed by atoms with Gasteiger partial charge in [0.15, 0.2) is 5.69 Å². The number of benzene rings is 3. The number of nitrogens with two attached hydrogens (primary N) is 2. The zero-order valence-corrected chi connectivity index (χ0v) is 19.4. The van der Waals surface area contributed by atoms with Crippen molar-refractivity contribution in [2.75, 3.05) is 12.4 Å². The van der Waals surface area contributed by atoms with Crippen molar-refractivity contribution in [3.05, 3.63) is 101 Å². The third-order valence-corrected chi connectivity index (χ3v) is 5.53. The van der Waals surface area contributed by atoms with Crippen molar-refractivity contribution in [2.24, 2.45) is 11.5 Å². The highest BCUT2D eigenvalue weighted by atomic mass is 19.1. The van der Waals surface area contributed by atoms with E-state index in [0.29, 0.717) is 29.9 Å². The lowest BCUT2D eigenvalue weighted by Gasteiger charge is -2.17. The third-order valence-electron chi connectivity index (χ3n) is 5.53. The van der Waals surface area contributed by atoms with Gasteiger partial charge in [0.1, 0.15) is 11.6 Å². The summed E-state index contributed by atoms with van der Waals surface area (Å²) in [7, 11) is 1.87. The van der Waals surface area contributed by atoms with Gasteiger partial charge in [-0.1, -0.05) is 36.4 Å². The second-order valence-electron chi connectivity index (χ2n) is 8.34. The highest BCUT2D eigenvalue weighted by Gasteiger charge is 2.16. The smallest absolute Gasteiger partial charge is 0.316 e. The number of anilines is 1. The number of hydrogen-bond acceptors (Lipinski definition) is 4. The van der Waals surface area contributed by atoms with Crippen LogP contribution >= 0.6 is 0 Å². The Kier molecular flexibility index (Phi) is 7.07. The summed E-state index contributed by atoms with van der Waals surface area (Å²) in [6, 6.07) is 17.5. The molecule has 0 fully saturated rings. The summed E-state index contributed by atoms with van der Waals surface area (Å²) in [5, 5.41) is 6.43. The fraction of sp³-hybridized carbons (Fsp3) is 0.115. The lowest BCUT2D eigenvalue weighted by molar-refractivity contribution is 0.0996. The largest absolute Gasteiger partial charge is 0.364 e. The van der Waals surface area contributed by atoms with E-state index in [9.17, 15) is 18.4 Å². The van der Waals surface area contributed by atoms with Crippen molar-refractivity contribution < 1.29 is 18.4 Å². The van der Waals surface area contributed by atoms with E-state index in [4.69, 9.17) is 11.5 Å². The molecule has 0 atom stereocenters. The third kappa shape index (κ3) is 5.73. The molecule has 3 aromatic carbocycles. The molecule has 1 aromatic heterocycles. The Morgan fingerprint density at radius 3 is 2.22 bits per heavy atom. The van der Waals surface area contributed by atoms with Crippen LogP contribution in [-0.2, 0) is 13.1 Å². The summed E-state index contributed by atoms with van der Waals surface area (Å²) >= 11 is 0. The maximum Gasteiger partial charge on any atom is 0.316 e. The summed E-state index contributed by atoms with van der Waals surface area (Å²) in [5.41, 5.74) is 14.0. The van der Waals surface area contributed by atoms with E-state index in [1.165, 1.54) is 29.1 Å². The SMILES string of the molecule is CN(Cc1ccc(F)cc1)Cc1ccc(-c2ccc(-n3cc(NC(N)=O)c(C(N)=O)n3)cc2)cc1F. The van der Waals surface area contributed by atoms with Crippen LogP contribution in [0.4, 0.5) is 19.3 Å². The predicted molar refractivity (Wildman–Crippen MR) is 132 cm³/mol. The normalized spacial score (nSPS) is 11.0. The first kappa shape index (κ1) is 24.6. The van der Waals surface area contributed by atoms with Crippen LogP contribution in [0.5, 0.6) is 0 Å². The molecule has 0 unspecified atom stereocenters. The van der Waals surface area contributed by atoms with Crippen LogP contribution in [0.2, 0.25) is 0 Å². The van der Waals surface area contributed by atoms with Crippen LogP contribution in [0.25, 0.3) is 16.8 Å². The molecule has 10 heteroatoms. The van der Waals surface area contributed by atoms with Crippen molar-refractivity contribution in [1.82, 2.24) is 14.7 Å². The second-order valence-corrected chi connectivity index (χ2v) is 8.34. The molecule has 0 spiro atoms. The zero-order chi connectivity index (χ0) is 25.8. The summed E-state index contributed by atoms with van der Waals surface area (Å²) in [4.78, 5) is 24.7. The number of nitrogens with zero attached hydrogens (tertiary/aromatic N) is 3. The van der Waals surface area contributed by atoms with E-state index >= 15 is 0 Å². The second kappa shape index (κ2) is 10.4. The van der Waals surface area contributed by atoms with Crippen molar-refractivity contribution in [2.45, 2.75) is 13.1 Å². The summed E-state index contributed by atoms with van der Waals surface area (Å²) in [6.07, 6.45) is 1.43. The van der Waals surface area contributed by atoms with Crippen LogP contribution in [0.1, 0.15) is 21.6 Å². The minimum absolute atomic E-state index is 0.0983.